The molecule has 0 atom stereocenters. The van der Waals surface area contributed by atoms with E-state index in [1.54, 1.807) is 0 Å². The molecule has 2 N–H and O–H groups in total. The van der Waals surface area contributed by atoms with Crippen LogP contribution in [-0.4, -0.2) is 30.6 Å². The summed E-state index contributed by atoms with van der Waals surface area (Å²) in [4.78, 5) is 2.40. The SMILES string of the molecule is C=CCN(CCN)C1CC1. The molecule has 1 aliphatic carbocycles. The van der Waals surface area contributed by atoms with Gasteiger partial charge in [0.25, 0.3) is 0 Å². The van der Waals surface area contributed by atoms with Gasteiger partial charge in [-0.1, -0.05) is 6.08 Å². The summed E-state index contributed by atoms with van der Waals surface area (Å²) in [6, 6.07) is 0.821. The van der Waals surface area contributed by atoms with Gasteiger partial charge in [0.1, 0.15) is 0 Å². The van der Waals surface area contributed by atoms with Crippen molar-refractivity contribution in [3.63, 3.8) is 0 Å². The third-order valence-electron chi connectivity index (χ3n) is 1.84. The monoisotopic (exact) mass is 140 g/mol. The van der Waals surface area contributed by atoms with E-state index in [2.05, 4.69) is 11.5 Å². The van der Waals surface area contributed by atoms with E-state index < -0.39 is 0 Å². The van der Waals surface area contributed by atoms with E-state index in [0.717, 1.165) is 25.7 Å². The van der Waals surface area contributed by atoms with Crippen LogP contribution in [0.2, 0.25) is 0 Å². The van der Waals surface area contributed by atoms with Crippen LogP contribution in [0.4, 0.5) is 0 Å². The van der Waals surface area contributed by atoms with Crippen LogP contribution < -0.4 is 5.73 Å². The van der Waals surface area contributed by atoms with Crippen LogP contribution in [0.15, 0.2) is 12.7 Å². The van der Waals surface area contributed by atoms with E-state index in [9.17, 15) is 0 Å². The van der Waals surface area contributed by atoms with Crippen molar-refractivity contribution in [3.8, 4) is 0 Å². The lowest BCUT2D eigenvalue weighted by atomic mass is 10.4. The minimum absolute atomic E-state index is 0.768. The zero-order valence-electron chi connectivity index (χ0n) is 6.42. The Hall–Kier alpha value is -0.340. The van der Waals surface area contributed by atoms with Gasteiger partial charge in [-0.3, -0.25) is 4.90 Å². The van der Waals surface area contributed by atoms with Gasteiger partial charge in [-0.05, 0) is 12.8 Å². The van der Waals surface area contributed by atoms with Crippen LogP contribution in [0.3, 0.4) is 0 Å². The molecule has 0 spiro atoms. The van der Waals surface area contributed by atoms with Crippen molar-refractivity contribution in [3.05, 3.63) is 12.7 Å². The van der Waals surface area contributed by atoms with Gasteiger partial charge in [0, 0.05) is 25.7 Å². The highest BCUT2D eigenvalue weighted by Gasteiger charge is 2.26. The number of hydrogen-bond donors (Lipinski definition) is 1. The molecule has 0 amide bonds. The fraction of sp³-hybridized carbons (Fsp3) is 0.750. The molecule has 0 aliphatic heterocycles. The minimum Gasteiger partial charge on any atom is -0.329 e. The molecule has 58 valence electrons. The van der Waals surface area contributed by atoms with Crippen LogP contribution in [-0.2, 0) is 0 Å². The molecule has 1 aliphatic rings. The summed E-state index contributed by atoms with van der Waals surface area (Å²) in [5.74, 6) is 0. The van der Waals surface area contributed by atoms with Gasteiger partial charge in [-0.2, -0.15) is 0 Å². The highest BCUT2D eigenvalue weighted by molar-refractivity contribution is 4.88. The normalized spacial score (nSPS) is 17.8. The van der Waals surface area contributed by atoms with Crippen molar-refractivity contribution >= 4 is 0 Å². The summed E-state index contributed by atoms with van der Waals surface area (Å²) in [6.45, 7) is 6.50. The molecule has 0 aromatic heterocycles. The van der Waals surface area contributed by atoms with Gasteiger partial charge in [0.15, 0.2) is 0 Å². The molecule has 2 heteroatoms. The lowest BCUT2D eigenvalue weighted by molar-refractivity contribution is 0.301. The van der Waals surface area contributed by atoms with Gasteiger partial charge in [-0.25, -0.2) is 0 Å². The van der Waals surface area contributed by atoms with Crippen molar-refractivity contribution in [1.82, 2.24) is 4.90 Å². The number of nitrogens with zero attached hydrogens (tertiary/aromatic N) is 1. The summed E-state index contributed by atoms with van der Waals surface area (Å²) in [6.07, 6.45) is 4.66. The van der Waals surface area contributed by atoms with Crippen LogP contribution in [0.25, 0.3) is 0 Å². The van der Waals surface area contributed by atoms with Gasteiger partial charge in [0.2, 0.25) is 0 Å². The Labute approximate surface area is 62.7 Å². The van der Waals surface area contributed by atoms with Crippen LogP contribution in [0.5, 0.6) is 0 Å². The van der Waals surface area contributed by atoms with E-state index in [-0.39, 0.29) is 0 Å². The first-order valence-electron chi connectivity index (χ1n) is 3.93. The van der Waals surface area contributed by atoms with Crippen LogP contribution in [0.1, 0.15) is 12.8 Å². The number of nitrogens with two attached hydrogens (primary N) is 1. The molecule has 0 heterocycles. The first-order valence-corrected chi connectivity index (χ1v) is 3.93. The molecule has 0 aromatic rings. The molecular weight excluding hydrogens is 124 g/mol. The zero-order chi connectivity index (χ0) is 7.40. The summed E-state index contributed by atoms with van der Waals surface area (Å²) < 4.78 is 0. The van der Waals surface area contributed by atoms with Crippen molar-refractivity contribution in [2.75, 3.05) is 19.6 Å². The molecular formula is C8H16N2. The van der Waals surface area contributed by atoms with Gasteiger partial charge in [-0.15, -0.1) is 6.58 Å². The van der Waals surface area contributed by atoms with E-state index in [4.69, 9.17) is 5.73 Å². The second-order valence-corrected chi connectivity index (χ2v) is 2.80. The maximum absolute atomic E-state index is 5.45. The molecule has 1 rings (SSSR count). The third-order valence-corrected chi connectivity index (χ3v) is 1.84. The summed E-state index contributed by atoms with van der Waals surface area (Å²) in [5, 5.41) is 0. The number of hydrogen-bond acceptors (Lipinski definition) is 2. The molecule has 0 bridgehead atoms. The predicted octanol–water partition coefficient (Wildman–Crippen LogP) is 0.596. The van der Waals surface area contributed by atoms with E-state index >= 15 is 0 Å². The molecule has 1 saturated carbocycles. The fourth-order valence-electron chi connectivity index (χ4n) is 1.19. The maximum atomic E-state index is 5.45. The molecule has 1 fully saturated rings. The molecule has 0 radical (unpaired) electrons. The summed E-state index contributed by atoms with van der Waals surface area (Å²) in [7, 11) is 0. The Morgan fingerprint density at radius 1 is 1.60 bits per heavy atom. The Kier molecular flexibility index (Phi) is 2.90. The largest absolute Gasteiger partial charge is 0.329 e. The van der Waals surface area contributed by atoms with E-state index in [1.165, 1.54) is 12.8 Å². The van der Waals surface area contributed by atoms with Gasteiger partial charge in [0.05, 0.1) is 0 Å². The average Bonchev–Trinajstić information content (AvgIpc) is 2.69. The number of rotatable bonds is 5. The fourth-order valence-corrected chi connectivity index (χ4v) is 1.19. The van der Waals surface area contributed by atoms with Crippen molar-refractivity contribution in [1.29, 1.82) is 0 Å². The minimum atomic E-state index is 0.768. The van der Waals surface area contributed by atoms with Crippen molar-refractivity contribution in [2.45, 2.75) is 18.9 Å². The van der Waals surface area contributed by atoms with Gasteiger partial charge < -0.3 is 5.73 Å². The lowest BCUT2D eigenvalue weighted by Crippen LogP contribution is -2.31. The highest BCUT2D eigenvalue weighted by atomic mass is 15.2. The Morgan fingerprint density at radius 3 is 2.70 bits per heavy atom. The lowest BCUT2D eigenvalue weighted by Gasteiger charge is -2.18. The standard InChI is InChI=1S/C8H16N2/c1-2-6-10(7-5-9)8-3-4-8/h2,8H,1,3-7,9H2. The smallest absolute Gasteiger partial charge is 0.0164 e. The predicted molar refractivity (Wildman–Crippen MR) is 43.8 cm³/mol. The molecule has 0 unspecified atom stereocenters. The van der Waals surface area contributed by atoms with E-state index in [0.29, 0.717) is 0 Å². The van der Waals surface area contributed by atoms with Crippen LogP contribution in [0, 0.1) is 0 Å². The Morgan fingerprint density at radius 2 is 2.30 bits per heavy atom. The molecule has 0 aromatic carbocycles. The zero-order valence-corrected chi connectivity index (χ0v) is 6.42. The Balaban J connectivity index is 2.19. The summed E-state index contributed by atoms with van der Waals surface area (Å²) >= 11 is 0. The topological polar surface area (TPSA) is 29.3 Å². The highest BCUT2D eigenvalue weighted by Crippen LogP contribution is 2.25. The van der Waals surface area contributed by atoms with Gasteiger partial charge >= 0.3 is 0 Å². The van der Waals surface area contributed by atoms with E-state index in [1.807, 2.05) is 6.08 Å². The quantitative estimate of drug-likeness (QED) is 0.566. The second-order valence-electron chi connectivity index (χ2n) is 2.80. The Bertz CT molecular complexity index is 108. The van der Waals surface area contributed by atoms with Crippen molar-refractivity contribution < 1.29 is 0 Å². The molecule has 2 nitrogen and oxygen atoms in total. The first kappa shape index (κ1) is 7.76. The second kappa shape index (κ2) is 3.74. The maximum Gasteiger partial charge on any atom is 0.0164 e. The average molecular weight is 140 g/mol. The van der Waals surface area contributed by atoms with Crippen molar-refractivity contribution in [2.24, 2.45) is 5.73 Å². The third kappa shape index (κ3) is 2.12. The first-order chi connectivity index (χ1) is 4.88. The molecule has 10 heavy (non-hydrogen) atoms. The molecule has 0 saturated heterocycles. The summed E-state index contributed by atoms with van der Waals surface area (Å²) in [5.41, 5.74) is 5.45. The van der Waals surface area contributed by atoms with Crippen LogP contribution >= 0.6 is 0 Å².